The van der Waals surface area contributed by atoms with Crippen LogP contribution in [-0.4, -0.2) is 46.6 Å². The molecule has 132 valence electrons. The molecule has 0 saturated heterocycles. The molecule has 0 radical (unpaired) electrons. The molecule has 2 unspecified atom stereocenters. The third-order valence-electron chi connectivity index (χ3n) is 6.21. The van der Waals surface area contributed by atoms with Crippen molar-refractivity contribution in [1.82, 2.24) is 14.9 Å². The second-order valence-corrected chi connectivity index (χ2v) is 7.30. The maximum Gasteiger partial charge on any atom is 0.254 e. The van der Waals surface area contributed by atoms with Gasteiger partial charge in [-0.15, -0.1) is 0 Å². The second-order valence-electron chi connectivity index (χ2n) is 7.30. The van der Waals surface area contributed by atoms with Crippen LogP contribution in [0.3, 0.4) is 0 Å². The van der Waals surface area contributed by atoms with Gasteiger partial charge in [0.25, 0.3) is 5.91 Å². The first-order valence-electron chi connectivity index (χ1n) is 9.25. The number of aromatic nitrogens is 2. The average Bonchev–Trinajstić information content (AvgIpc) is 3.16. The fourth-order valence-corrected chi connectivity index (χ4v) is 4.90. The maximum absolute atomic E-state index is 13.2. The number of amides is 1. The predicted octanol–water partition coefficient (Wildman–Crippen LogP) is 3.44. The number of hydrogen-bond donors (Lipinski definition) is 0. The summed E-state index contributed by atoms with van der Waals surface area (Å²) in [6.07, 6.45) is 11.2. The molecule has 5 nitrogen and oxygen atoms in total. The van der Waals surface area contributed by atoms with Crippen molar-refractivity contribution in [1.29, 1.82) is 0 Å². The molecular weight excluding hydrogens is 314 g/mol. The zero-order chi connectivity index (χ0) is 17.4. The number of ether oxygens (including phenoxy) is 1. The first kappa shape index (κ1) is 16.5. The molecule has 2 atom stereocenters. The van der Waals surface area contributed by atoms with Crippen LogP contribution in [0.2, 0.25) is 0 Å². The summed E-state index contributed by atoms with van der Waals surface area (Å²) in [5, 5.41) is 0.822. The van der Waals surface area contributed by atoms with E-state index in [0.717, 1.165) is 23.9 Å². The minimum absolute atomic E-state index is 0.0617. The highest BCUT2D eigenvalue weighted by atomic mass is 16.5. The lowest BCUT2D eigenvalue weighted by Crippen LogP contribution is -2.64. The molecule has 25 heavy (non-hydrogen) atoms. The number of fused-ring (bicyclic) bond motifs is 1. The summed E-state index contributed by atoms with van der Waals surface area (Å²) < 4.78 is 5.99. The summed E-state index contributed by atoms with van der Waals surface area (Å²) in [5.74, 6) is 0.0617. The minimum Gasteiger partial charge on any atom is -0.378 e. The summed E-state index contributed by atoms with van der Waals surface area (Å²) >= 11 is 0. The third-order valence-corrected chi connectivity index (χ3v) is 6.21. The topological polar surface area (TPSA) is 55.3 Å². The van der Waals surface area contributed by atoms with Gasteiger partial charge < -0.3 is 9.64 Å². The number of nitrogens with zero attached hydrogens (tertiary/aromatic N) is 3. The molecular formula is C20H25N3O2. The van der Waals surface area contributed by atoms with E-state index >= 15 is 0 Å². The summed E-state index contributed by atoms with van der Waals surface area (Å²) in [4.78, 5) is 23.7. The van der Waals surface area contributed by atoms with Gasteiger partial charge in [-0.05, 0) is 38.3 Å². The van der Waals surface area contributed by atoms with E-state index in [1.54, 1.807) is 18.6 Å². The van der Waals surface area contributed by atoms with E-state index < -0.39 is 0 Å². The number of hydrogen-bond acceptors (Lipinski definition) is 4. The highest BCUT2D eigenvalue weighted by molar-refractivity contribution is 6.05. The molecule has 2 aliphatic rings. The van der Waals surface area contributed by atoms with Crippen molar-refractivity contribution in [3.8, 4) is 0 Å². The molecule has 2 aromatic heterocycles. The van der Waals surface area contributed by atoms with E-state index in [1.165, 1.54) is 25.7 Å². The normalized spacial score (nSPS) is 24.4. The molecule has 0 aliphatic heterocycles. The molecule has 4 rings (SSSR count). The minimum atomic E-state index is 0.0617. The molecule has 2 saturated carbocycles. The van der Waals surface area contributed by atoms with Crippen LogP contribution in [0.25, 0.3) is 10.9 Å². The number of carbonyl (C=O) groups is 1. The average molecular weight is 339 g/mol. The van der Waals surface area contributed by atoms with Crippen LogP contribution in [-0.2, 0) is 4.74 Å². The fraction of sp³-hybridized carbons (Fsp3) is 0.550. The lowest BCUT2D eigenvalue weighted by atomic mass is 9.60. The molecule has 2 heterocycles. The van der Waals surface area contributed by atoms with Gasteiger partial charge in [-0.2, -0.15) is 0 Å². The number of pyridine rings is 2. The van der Waals surface area contributed by atoms with Gasteiger partial charge in [0.1, 0.15) is 0 Å². The lowest BCUT2D eigenvalue weighted by Gasteiger charge is -2.57. The fourth-order valence-electron chi connectivity index (χ4n) is 4.90. The third kappa shape index (κ3) is 2.53. The summed E-state index contributed by atoms with van der Waals surface area (Å²) in [6, 6.07) is 3.92. The van der Waals surface area contributed by atoms with Gasteiger partial charge in [-0.3, -0.25) is 14.8 Å². The first-order valence-corrected chi connectivity index (χ1v) is 9.25. The quantitative estimate of drug-likeness (QED) is 0.856. The van der Waals surface area contributed by atoms with Crippen molar-refractivity contribution in [2.45, 2.75) is 51.2 Å². The van der Waals surface area contributed by atoms with Crippen LogP contribution in [0.15, 0.2) is 30.7 Å². The number of carbonyl (C=O) groups excluding carboxylic acids is 1. The van der Waals surface area contributed by atoms with Crippen molar-refractivity contribution in [2.75, 3.05) is 13.7 Å². The van der Waals surface area contributed by atoms with Crippen molar-refractivity contribution in [3.63, 3.8) is 0 Å². The van der Waals surface area contributed by atoms with E-state index in [1.807, 2.05) is 24.1 Å². The Hall–Kier alpha value is -2.01. The largest absolute Gasteiger partial charge is 0.378 e. The van der Waals surface area contributed by atoms with Gasteiger partial charge in [0.2, 0.25) is 0 Å². The summed E-state index contributed by atoms with van der Waals surface area (Å²) in [7, 11) is 1.94. The Bertz CT molecular complexity index is 780. The Morgan fingerprint density at radius 2 is 2.12 bits per heavy atom. The molecule has 0 bridgehead atoms. The Kier molecular flexibility index (Phi) is 4.20. The Balaban J connectivity index is 1.62. The highest BCUT2D eigenvalue weighted by Gasteiger charge is 2.58. The van der Waals surface area contributed by atoms with Crippen molar-refractivity contribution < 1.29 is 9.53 Å². The molecule has 2 aromatic rings. The Morgan fingerprint density at radius 3 is 2.88 bits per heavy atom. The highest BCUT2D eigenvalue weighted by Crippen LogP contribution is 2.56. The molecule has 2 fully saturated rings. The Morgan fingerprint density at radius 1 is 1.32 bits per heavy atom. The standard InChI is InChI=1S/C20H25N3O2/c1-3-25-18-12-17(20(18)8-4-5-9-20)23(2)19(24)14-6-11-22-16-7-10-21-13-15(14)16/h6-7,10-11,13,17-18H,3-5,8-9,12H2,1-2H3. The van der Waals surface area contributed by atoms with Crippen molar-refractivity contribution >= 4 is 16.8 Å². The van der Waals surface area contributed by atoms with Crippen LogP contribution in [0, 0.1) is 5.41 Å². The number of rotatable bonds is 4. The summed E-state index contributed by atoms with van der Waals surface area (Å²) in [5.41, 5.74) is 1.65. The van der Waals surface area contributed by atoms with Crippen LogP contribution < -0.4 is 0 Å². The predicted molar refractivity (Wildman–Crippen MR) is 96.4 cm³/mol. The van der Waals surface area contributed by atoms with E-state index in [9.17, 15) is 4.79 Å². The van der Waals surface area contributed by atoms with Gasteiger partial charge in [0.05, 0.1) is 17.2 Å². The van der Waals surface area contributed by atoms with Crippen molar-refractivity contribution in [3.05, 3.63) is 36.3 Å². The van der Waals surface area contributed by atoms with Crippen molar-refractivity contribution in [2.24, 2.45) is 5.41 Å². The second kappa shape index (κ2) is 6.37. The van der Waals surface area contributed by atoms with Gasteiger partial charge in [-0.1, -0.05) is 12.8 Å². The van der Waals surface area contributed by atoms with Gasteiger partial charge >= 0.3 is 0 Å². The molecule has 0 aromatic carbocycles. The van der Waals surface area contributed by atoms with Gasteiger partial charge in [0, 0.05) is 49.1 Å². The van der Waals surface area contributed by atoms with E-state index in [0.29, 0.717) is 11.7 Å². The van der Waals surface area contributed by atoms with Crippen LogP contribution >= 0.6 is 0 Å². The van der Waals surface area contributed by atoms with E-state index in [4.69, 9.17) is 4.74 Å². The SMILES string of the molecule is CCOC1CC(N(C)C(=O)c2ccnc3ccncc23)C12CCCC2. The summed E-state index contributed by atoms with van der Waals surface area (Å²) in [6.45, 7) is 2.80. The van der Waals surface area contributed by atoms with E-state index in [-0.39, 0.29) is 17.4 Å². The monoisotopic (exact) mass is 339 g/mol. The Labute approximate surface area is 148 Å². The van der Waals surface area contributed by atoms with Crippen LogP contribution in [0.1, 0.15) is 49.4 Å². The molecule has 1 amide bonds. The van der Waals surface area contributed by atoms with Crippen LogP contribution in [0.5, 0.6) is 0 Å². The van der Waals surface area contributed by atoms with Gasteiger partial charge in [0.15, 0.2) is 0 Å². The maximum atomic E-state index is 13.2. The molecule has 5 heteroatoms. The smallest absolute Gasteiger partial charge is 0.254 e. The van der Waals surface area contributed by atoms with E-state index in [2.05, 4.69) is 16.9 Å². The molecule has 1 spiro atoms. The molecule has 0 N–H and O–H groups in total. The first-order chi connectivity index (χ1) is 12.2. The lowest BCUT2D eigenvalue weighted by molar-refractivity contribution is -0.152. The molecule has 2 aliphatic carbocycles. The van der Waals surface area contributed by atoms with Crippen LogP contribution in [0.4, 0.5) is 0 Å². The zero-order valence-electron chi connectivity index (χ0n) is 14.9. The zero-order valence-corrected chi connectivity index (χ0v) is 14.9. The van der Waals surface area contributed by atoms with Gasteiger partial charge in [-0.25, -0.2) is 0 Å².